The van der Waals surface area contributed by atoms with Crippen LogP contribution in [0.3, 0.4) is 0 Å². The Morgan fingerprint density at radius 3 is 2.20 bits per heavy atom. The summed E-state index contributed by atoms with van der Waals surface area (Å²) < 4.78 is 35.8. The van der Waals surface area contributed by atoms with Crippen LogP contribution in [0.4, 0.5) is 13.2 Å². The third-order valence-corrected chi connectivity index (χ3v) is 0.842. The molecular weight excluding hydrogens is 177 g/mol. The molecule has 0 atom stereocenters. The first-order chi connectivity index (χ1) is 4.22. The monoisotopic (exact) mass is 179 g/mol. The molecule has 0 saturated carbocycles. The number of rotatable bonds is 0. The minimum Gasteiger partial charge on any atom is -0.278 e. The fraction of sp³-hybridized carbons (Fsp3) is 0. The third kappa shape index (κ3) is 1.85. The van der Waals surface area contributed by atoms with Gasteiger partial charge >= 0.3 is 0 Å². The molecule has 0 N–H and O–H groups in total. The molecule has 0 aliphatic heterocycles. The molecule has 0 bridgehead atoms. The number of halogens is 3. The molecular formula is C6H2F3Ti-. The largest absolute Gasteiger partial charge is 0.278 e. The molecule has 0 aliphatic rings. The van der Waals surface area contributed by atoms with E-state index in [-0.39, 0.29) is 21.7 Å². The van der Waals surface area contributed by atoms with E-state index in [0.29, 0.717) is 0 Å². The third-order valence-electron chi connectivity index (χ3n) is 0.842. The average Bonchev–Trinajstić information content (AvgIpc) is 1.83. The van der Waals surface area contributed by atoms with Gasteiger partial charge in [-0.3, -0.25) is 4.39 Å². The predicted octanol–water partition coefficient (Wildman–Crippen LogP) is 1.90. The molecule has 0 radical (unpaired) electrons. The second kappa shape index (κ2) is 3.79. The Morgan fingerprint density at radius 2 is 1.80 bits per heavy atom. The molecule has 0 nitrogen and oxygen atoms in total. The second-order valence-electron chi connectivity index (χ2n) is 1.45. The molecule has 1 aromatic carbocycles. The maximum absolute atomic E-state index is 11.9. The summed E-state index contributed by atoms with van der Waals surface area (Å²) in [6.07, 6.45) is 0. The normalized spacial score (nSPS) is 8.70. The van der Waals surface area contributed by atoms with Crippen molar-refractivity contribution in [2.75, 3.05) is 0 Å². The van der Waals surface area contributed by atoms with Crippen LogP contribution in [0.15, 0.2) is 12.1 Å². The van der Waals surface area contributed by atoms with Crippen LogP contribution in [-0.2, 0) is 21.7 Å². The molecule has 0 spiro atoms. The van der Waals surface area contributed by atoms with Crippen molar-refractivity contribution in [3.05, 3.63) is 35.7 Å². The standard InChI is InChI=1S/C6H2F3.Ti/c7-4-2-1-3-5(8)6(4)9;/h1-2H;/q-1;. The van der Waals surface area contributed by atoms with Crippen LogP contribution >= 0.6 is 0 Å². The Balaban J connectivity index is 0.000000810. The van der Waals surface area contributed by atoms with Crippen molar-refractivity contribution >= 4 is 0 Å². The van der Waals surface area contributed by atoms with Crippen molar-refractivity contribution in [2.45, 2.75) is 0 Å². The Labute approximate surface area is 70.9 Å². The summed E-state index contributed by atoms with van der Waals surface area (Å²) in [6, 6.07) is 3.64. The minimum atomic E-state index is -1.47. The molecule has 0 fully saturated rings. The van der Waals surface area contributed by atoms with Crippen molar-refractivity contribution in [1.82, 2.24) is 0 Å². The van der Waals surface area contributed by atoms with Crippen LogP contribution in [0.5, 0.6) is 0 Å². The molecule has 0 aromatic heterocycles. The maximum atomic E-state index is 11.9. The first-order valence-corrected chi connectivity index (χ1v) is 2.23. The van der Waals surface area contributed by atoms with E-state index >= 15 is 0 Å². The molecule has 0 heterocycles. The molecule has 0 amide bonds. The number of hydrogen-bond donors (Lipinski definition) is 0. The summed E-state index contributed by atoms with van der Waals surface area (Å²) in [6.45, 7) is 0. The zero-order valence-corrected chi connectivity index (χ0v) is 6.35. The molecule has 0 aliphatic carbocycles. The van der Waals surface area contributed by atoms with Gasteiger partial charge in [0.1, 0.15) is 0 Å². The van der Waals surface area contributed by atoms with Crippen molar-refractivity contribution in [2.24, 2.45) is 0 Å². The molecule has 0 saturated heterocycles. The quantitative estimate of drug-likeness (QED) is 0.324. The predicted molar refractivity (Wildman–Crippen MR) is 25.2 cm³/mol. The average molecular weight is 179 g/mol. The fourth-order valence-corrected chi connectivity index (χ4v) is 0.429. The molecule has 0 unspecified atom stereocenters. The maximum Gasteiger partial charge on any atom is 0.0781 e. The molecule has 10 heavy (non-hydrogen) atoms. The summed E-state index contributed by atoms with van der Waals surface area (Å²) in [4.78, 5) is 0. The van der Waals surface area contributed by atoms with Crippen LogP contribution in [0, 0.1) is 23.5 Å². The first kappa shape index (κ1) is 9.72. The van der Waals surface area contributed by atoms with E-state index in [4.69, 9.17) is 0 Å². The van der Waals surface area contributed by atoms with Gasteiger partial charge < -0.3 is 0 Å². The van der Waals surface area contributed by atoms with E-state index in [9.17, 15) is 13.2 Å². The molecule has 1 rings (SSSR count). The van der Waals surface area contributed by atoms with Gasteiger partial charge in [-0.2, -0.15) is 6.07 Å². The summed E-state index contributed by atoms with van der Waals surface area (Å²) in [7, 11) is 0. The zero-order valence-electron chi connectivity index (χ0n) is 4.79. The van der Waals surface area contributed by atoms with Crippen LogP contribution in [0.25, 0.3) is 0 Å². The van der Waals surface area contributed by atoms with Gasteiger partial charge in [0.15, 0.2) is 0 Å². The summed E-state index contributed by atoms with van der Waals surface area (Å²) >= 11 is 0. The Hall–Kier alpha value is -0.276. The van der Waals surface area contributed by atoms with E-state index in [2.05, 4.69) is 0 Å². The van der Waals surface area contributed by atoms with Gasteiger partial charge in [-0.15, -0.1) is 12.1 Å². The molecule has 52 valence electrons. The van der Waals surface area contributed by atoms with E-state index in [1.165, 1.54) is 0 Å². The van der Waals surface area contributed by atoms with E-state index in [1.54, 1.807) is 0 Å². The first-order valence-electron chi connectivity index (χ1n) is 2.23. The fourth-order valence-electron chi connectivity index (χ4n) is 0.429. The van der Waals surface area contributed by atoms with Gasteiger partial charge in [0.25, 0.3) is 0 Å². The van der Waals surface area contributed by atoms with Gasteiger partial charge in [0.2, 0.25) is 0 Å². The topological polar surface area (TPSA) is 0 Å². The second-order valence-corrected chi connectivity index (χ2v) is 1.45. The van der Waals surface area contributed by atoms with Gasteiger partial charge in [-0.25, -0.2) is 8.78 Å². The van der Waals surface area contributed by atoms with Crippen LogP contribution in [0.1, 0.15) is 0 Å². The van der Waals surface area contributed by atoms with Gasteiger partial charge in [0.05, 0.1) is 11.6 Å². The van der Waals surface area contributed by atoms with Crippen LogP contribution < -0.4 is 0 Å². The van der Waals surface area contributed by atoms with Crippen LogP contribution in [-0.4, -0.2) is 0 Å². The van der Waals surface area contributed by atoms with E-state index < -0.39 is 17.5 Å². The Kier molecular flexibility index (Phi) is 3.68. The van der Waals surface area contributed by atoms with E-state index in [1.807, 2.05) is 6.07 Å². The minimum absolute atomic E-state index is 0. The van der Waals surface area contributed by atoms with Gasteiger partial charge in [0, 0.05) is 27.5 Å². The van der Waals surface area contributed by atoms with Crippen LogP contribution in [0.2, 0.25) is 0 Å². The van der Waals surface area contributed by atoms with Crippen molar-refractivity contribution in [3.8, 4) is 0 Å². The van der Waals surface area contributed by atoms with Crippen molar-refractivity contribution in [1.29, 1.82) is 0 Å². The number of hydrogen-bond acceptors (Lipinski definition) is 0. The summed E-state index contributed by atoms with van der Waals surface area (Å²) in [5, 5.41) is 0. The molecule has 1 aromatic rings. The Morgan fingerprint density at radius 1 is 1.20 bits per heavy atom. The van der Waals surface area contributed by atoms with E-state index in [0.717, 1.165) is 12.1 Å². The van der Waals surface area contributed by atoms with Crippen molar-refractivity contribution < 1.29 is 34.9 Å². The SMILES string of the molecule is Fc1[c-]ccc(F)c1F.[Ti]. The smallest absolute Gasteiger partial charge is 0.0781 e. The zero-order chi connectivity index (χ0) is 6.85. The molecule has 4 heteroatoms. The van der Waals surface area contributed by atoms with Gasteiger partial charge in [-0.05, 0) is 0 Å². The summed E-state index contributed by atoms with van der Waals surface area (Å²) in [5.74, 6) is -3.95. The Bertz CT molecular complexity index is 204. The number of benzene rings is 1. The van der Waals surface area contributed by atoms with Gasteiger partial charge in [-0.1, -0.05) is 0 Å². The summed E-state index contributed by atoms with van der Waals surface area (Å²) in [5.41, 5.74) is 0. The van der Waals surface area contributed by atoms with Crippen molar-refractivity contribution in [3.63, 3.8) is 0 Å².